The number of carbonyl (C=O) groups is 1. The molecule has 1 aliphatic heterocycles. The molecule has 1 fully saturated rings. The normalized spacial score (nSPS) is 18.1. The molecule has 0 aliphatic carbocycles. The van der Waals surface area contributed by atoms with Gasteiger partial charge in [0, 0.05) is 12.2 Å². The van der Waals surface area contributed by atoms with Crippen LogP contribution in [-0.2, 0) is 9.53 Å². The van der Waals surface area contributed by atoms with Gasteiger partial charge in [0.1, 0.15) is 11.1 Å². The van der Waals surface area contributed by atoms with Gasteiger partial charge in [-0.1, -0.05) is 24.0 Å². The maximum absolute atomic E-state index is 11.3. The lowest BCUT2D eigenvalue weighted by molar-refractivity contribution is -0.131. The first-order valence-electron chi connectivity index (χ1n) is 3.91. The van der Waals surface area contributed by atoms with Crippen molar-refractivity contribution >= 4 is 34.2 Å². The molecule has 1 N–H and O–H groups in total. The van der Waals surface area contributed by atoms with E-state index in [1.807, 2.05) is 0 Å². The molecule has 74 valence electrons. The number of carbonyl (C=O) groups excluding carboxylic acids is 1. The second-order valence-corrected chi connectivity index (χ2v) is 4.18. The molecule has 0 radical (unpaired) electrons. The standard InChI is InChI=1S/C7H11NO3S2/c9-2-3-11-5-8-6(10)1-4-13-7(8)12/h9H,1-5H2. The zero-order chi connectivity index (χ0) is 9.68. The molecule has 4 nitrogen and oxygen atoms in total. The summed E-state index contributed by atoms with van der Waals surface area (Å²) >= 11 is 6.46. The minimum absolute atomic E-state index is 0.00156. The molecular formula is C7H11NO3S2. The Bertz CT molecular complexity index is 194. The molecule has 0 saturated carbocycles. The van der Waals surface area contributed by atoms with Gasteiger partial charge in [-0.2, -0.15) is 0 Å². The van der Waals surface area contributed by atoms with Crippen molar-refractivity contribution in [2.45, 2.75) is 6.42 Å². The van der Waals surface area contributed by atoms with Gasteiger partial charge in [0.15, 0.2) is 0 Å². The lowest BCUT2D eigenvalue weighted by atomic mass is 10.4. The largest absolute Gasteiger partial charge is 0.394 e. The van der Waals surface area contributed by atoms with Crippen molar-refractivity contribution in [2.75, 3.05) is 25.7 Å². The van der Waals surface area contributed by atoms with Crippen LogP contribution in [0, 0.1) is 0 Å². The molecule has 0 bridgehead atoms. The van der Waals surface area contributed by atoms with Gasteiger partial charge in [-0.15, -0.1) is 0 Å². The zero-order valence-electron chi connectivity index (χ0n) is 7.06. The first-order chi connectivity index (χ1) is 6.25. The number of ether oxygens (including phenoxy) is 1. The maximum atomic E-state index is 11.3. The topological polar surface area (TPSA) is 49.8 Å². The first-order valence-corrected chi connectivity index (χ1v) is 5.31. The summed E-state index contributed by atoms with van der Waals surface area (Å²) < 4.78 is 5.58. The molecule has 1 aliphatic rings. The molecule has 1 saturated heterocycles. The van der Waals surface area contributed by atoms with Crippen LogP contribution in [0.25, 0.3) is 0 Å². The third-order valence-corrected chi connectivity index (χ3v) is 2.97. The van der Waals surface area contributed by atoms with Crippen LogP contribution in [0.5, 0.6) is 0 Å². The van der Waals surface area contributed by atoms with Crippen molar-refractivity contribution in [1.82, 2.24) is 4.90 Å². The highest BCUT2D eigenvalue weighted by molar-refractivity contribution is 8.23. The Morgan fingerprint density at radius 1 is 1.69 bits per heavy atom. The van der Waals surface area contributed by atoms with Crippen LogP contribution in [0.1, 0.15) is 6.42 Å². The molecular weight excluding hydrogens is 210 g/mol. The second-order valence-electron chi connectivity index (χ2n) is 2.45. The number of thioether (sulfide) groups is 1. The van der Waals surface area contributed by atoms with Gasteiger partial charge in [0.25, 0.3) is 0 Å². The fraction of sp³-hybridized carbons (Fsp3) is 0.714. The first kappa shape index (κ1) is 10.9. The highest BCUT2D eigenvalue weighted by atomic mass is 32.2. The third-order valence-electron chi connectivity index (χ3n) is 1.52. The van der Waals surface area contributed by atoms with Crippen LogP contribution in [0.3, 0.4) is 0 Å². The molecule has 13 heavy (non-hydrogen) atoms. The molecule has 1 rings (SSSR count). The summed E-state index contributed by atoms with van der Waals surface area (Å²) in [4.78, 5) is 12.7. The molecule has 1 heterocycles. The Morgan fingerprint density at radius 3 is 3.08 bits per heavy atom. The van der Waals surface area contributed by atoms with Crippen LogP contribution in [0.2, 0.25) is 0 Å². The predicted molar refractivity (Wildman–Crippen MR) is 54.4 cm³/mol. The number of amides is 1. The SMILES string of the molecule is O=C1CCSC(=S)N1COCCO. The smallest absolute Gasteiger partial charge is 0.230 e. The Balaban J connectivity index is 2.35. The number of rotatable bonds is 4. The Kier molecular flexibility index (Phi) is 4.65. The van der Waals surface area contributed by atoms with Crippen LogP contribution in [0.15, 0.2) is 0 Å². The molecule has 0 unspecified atom stereocenters. The average Bonchev–Trinajstić information content (AvgIpc) is 2.10. The number of aliphatic hydroxyl groups is 1. The fourth-order valence-electron chi connectivity index (χ4n) is 0.885. The molecule has 0 spiro atoms. The Hall–Kier alpha value is -0.170. The van der Waals surface area contributed by atoms with Gasteiger partial charge in [-0.3, -0.25) is 9.69 Å². The van der Waals surface area contributed by atoms with Gasteiger partial charge in [0.2, 0.25) is 5.91 Å². The van der Waals surface area contributed by atoms with E-state index in [9.17, 15) is 4.79 Å². The third kappa shape index (κ3) is 3.22. The van der Waals surface area contributed by atoms with E-state index in [-0.39, 0.29) is 25.9 Å². The number of hydrogen-bond acceptors (Lipinski definition) is 5. The molecule has 0 atom stereocenters. The minimum atomic E-state index is -0.0397. The monoisotopic (exact) mass is 221 g/mol. The summed E-state index contributed by atoms with van der Waals surface area (Å²) in [6.45, 7) is 0.351. The van der Waals surface area contributed by atoms with Crippen LogP contribution < -0.4 is 0 Å². The molecule has 1 amide bonds. The summed E-state index contributed by atoms with van der Waals surface area (Å²) in [5.74, 6) is 0.760. The van der Waals surface area contributed by atoms with Crippen molar-refractivity contribution < 1.29 is 14.6 Å². The summed E-state index contributed by atoms with van der Waals surface area (Å²) in [7, 11) is 0. The van der Waals surface area contributed by atoms with E-state index in [4.69, 9.17) is 22.1 Å². The number of hydrogen-bond donors (Lipinski definition) is 1. The van der Waals surface area contributed by atoms with Crippen LogP contribution in [-0.4, -0.2) is 45.9 Å². The van der Waals surface area contributed by atoms with E-state index < -0.39 is 0 Å². The number of thiocarbonyl (C=S) groups is 1. The lowest BCUT2D eigenvalue weighted by Gasteiger charge is -2.26. The molecule has 6 heteroatoms. The van der Waals surface area contributed by atoms with E-state index in [2.05, 4.69) is 0 Å². The van der Waals surface area contributed by atoms with Gasteiger partial charge >= 0.3 is 0 Å². The van der Waals surface area contributed by atoms with Crippen LogP contribution in [0.4, 0.5) is 0 Å². The molecule has 0 aromatic heterocycles. The van der Waals surface area contributed by atoms with Crippen molar-refractivity contribution in [3.8, 4) is 0 Å². The fourth-order valence-corrected chi connectivity index (χ4v) is 2.05. The average molecular weight is 221 g/mol. The van der Waals surface area contributed by atoms with E-state index in [1.54, 1.807) is 0 Å². The zero-order valence-corrected chi connectivity index (χ0v) is 8.70. The van der Waals surface area contributed by atoms with Crippen molar-refractivity contribution in [2.24, 2.45) is 0 Å². The molecule has 0 aromatic rings. The van der Waals surface area contributed by atoms with Crippen molar-refractivity contribution in [3.05, 3.63) is 0 Å². The highest BCUT2D eigenvalue weighted by Gasteiger charge is 2.23. The van der Waals surface area contributed by atoms with Gasteiger partial charge in [0.05, 0.1) is 13.2 Å². The van der Waals surface area contributed by atoms with Crippen molar-refractivity contribution in [3.63, 3.8) is 0 Å². The van der Waals surface area contributed by atoms with Gasteiger partial charge < -0.3 is 9.84 Å². The van der Waals surface area contributed by atoms with E-state index in [1.165, 1.54) is 16.7 Å². The minimum Gasteiger partial charge on any atom is -0.394 e. The maximum Gasteiger partial charge on any atom is 0.230 e. The lowest BCUT2D eigenvalue weighted by Crippen LogP contribution is -2.39. The van der Waals surface area contributed by atoms with E-state index in [0.29, 0.717) is 10.7 Å². The van der Waals surface area contributed by atoms with E-state index >= 15 is 0 Å². The summed E-state index contributed by atoms with van der Waals surface area (Å²) in [5.41, 5.74) is 0. The quantitative estimate of drug-likeness (QED) is 0.543. The highest BCUT2D eigenvalue weighted by Crippen LogP contribution is 2.18. The molecule has 0 aromatic carbocycles. The summed E-state index contributed by atoms with van der Waals surface area (Å²) in [6, 6.07) is 0. The number of aliphatic hydroxyl groups excluding tert-OH is 1. The Labute approximate surface area is 86.2 Å². The van der Waals surface area contributed by atoms with Crippen molar-refractivity contribution in [1.29, 1.82) is 0 Å². The number of nitrogens with zero attached hydrogens (tertiary/aromatic N) is 1. The second kappa shape index (κ2) is 5.54. The predicted octanol–water partition coefficient (Wildman–Crippen LogP) is 0.203. The van der Waals surface area contributed by atoms with Crippen LogP contribution >= 0.6 is 24.0 Å². The van der Waals surface area contributed by atoms with E-state index in [0.717, 1.165) is 5.75 Å². The van der Waals surface area contributed by atoms with Gasteiger partial charge in [-0.05, 0) is 0 Å². The Morgan fingerprint density at radius 2 is 2.46 bits per heavy atom. The van der Waals surface area contributed by atoms with Gasteiger partial charge in [-0.25, -0.2) is 0 Å². The summed E-state index contributed by atoms with van der Waals surface area (Å²) in [6.07, 6.45) is 0.507. The summed E-state index contributed by atoms with van der Waals surface area (Å²) in [5, 5.41) is 8.46.